The lowest BCUT2D eigenvalue weighted by Crippen LogP contribution is -2.34. The van der Waals surface area contributed by atoms with Crippen LogP contribution >= 0.6 is 0 Å². The Kier molecular flexibility index (Phi) is 3.57. The minimum atomic E-state index is 0.0149. The third kappa shape index (κ3) is 2.68. The van der Waals surface area contributed by atoms with Crippen molar-refractivity contribution in [1.82, 2.24) is 20.1 Å². The maximum atomic E-state index is 5.93. The van der Waals surface area contributed by atoms with Gasteiger partial charge in [-0.15, -0.1) is 10.2 Å². The Hall–Kier alpha value is -2.99. The molecule has 0 spiro atoms. The normalized spacial score (nSPS) is 17.5. The molecule has 0 N–H and O–H groups in total. The summed E-state index contributed by atoms with van der Waals surface area (Å²) in [6.45, 7) is 3.20. The zero-order chi connectivity index (χ0) is 17.5. The Bertz CT molecular complexity index is 1040. The Morgan fingerprint density at radius 1 is 1.00 bits per heavy atom. The van der Waals surface area contributed by atoms with E-state index in [1.54, 1.807) is 0 Å². The van der Waals surface area contributed by atoms with Crippen molar-refractivity contribution in [3.05, 3.63) is 77.3 Å². The van der Waals surface area contributed by atoms with Gasteiger partial charge >= 0.3 is 0 Å². The molecule has 1 aliphatic heterocycles. The van der Waals surface area contributed by atoms with Crippen LogP contribution in [0, 0.1) is 6.92 Å². The van der Waals surface area contributed by atoms with Crippen LogP contribution in [0.3, 0.4) is 0 Å². The van der Waals surface area contributed by atoms with Crippen LogP contribution in [0.1, 0.15) is 34.8 Å². The molecule has 0 saturated carbocycles. The van der Waals surface area contributed by atoms with E-state index in [4.69, 9.17) is 8.83 Å². The molecule has 0 saturated heterocycles. The summed E-state index contributed by atoms with van der Waals surface area (Å²) >= 11 is 0. The van der Waals surface area contributed by atoms with Gasteiger partial charge in [-0.3, -0.25) is 4.90 Å². The van der Waals surface area contributed by atoms with Gasteiger partial charge in [0.1, 0.15) is 5.52 Å². The molecule has 0 unspecified atom stereocenters. The maximum absolute atomic E-state index is 5.93. The summed E-state index contributed by atoms with van der Waals surface area (Å²) in [5.41, 5.74) is 4.33. The third-order valence-electron chi connectivity index (χ3n) is 4.85. The molecular formula is C20H18N4O2. The smallest absolute Gasteiger partial charge is 0.233 e. The first-order chi connectivity index (χ1) is 12.8. The molecule has 2 aromatic heterocycles. The van der Waals surface area contributed by atoms with E-state index in [0.717, 1.165) is 24.1 Å². The number of nitrogens with zero attached hydrogens (tertiary/aromatic N) is 4. The van der Waals surface area contributed by atoms with Gasteiger partial charge in [0.05, 0.1) is 12.6 Å². The summed E-state index contributed by atoms with van der Waals surface area (Å²) in [4.78, 5) is 6.91. The van der Waals surface area contributed by atoms with Gasteiger partial charge in [-0.25, -0.2) is 4.98 Å². The number of benzene rings is 2. The second kappa shape index (κ2) is 6.07. The van der Waals surface area contributed by atoms with E-state index in [1.807, 2.05) is 31.2 Å². The maximum Gasteiger partial charge on any atom is 0.233 e. The minimum Gasteiger partial charge on any atom is -0.439 e. The minimum absolute atomic E-state index is 0.0149. The second-order valence-corrected chi connectivity index (χ2v) is 6.63. The average Bonchev–Trinajstić information content (AvgIpc) is 3.26. The van der Waals surface area contributed by atoms with Crippen LogP contribution in [0.5, 0.6) is 0 Å². The average molecular weight is 346 g/mol. The first-order valence-electron chi connectivity index (χ1n) is 8.71. The van der Waals surface area contributed by atoms with Crippen molar-refractivity contribution in [2.75, 3.05) is 0 Å². The number of aromatic nitrogens is 3. The molecule has 6 heteroatoms. The zero-order valence-corrected chi connectivity index (χ0v) is 14.4. The number of para-hydroxylation sites is 2. The number of oxazole rings is 1. The van der Waals surface area contributed by atoms with E-state index in [1.165, 1.54) is 11.1 Å². The number of fused-ring (bicyclic) bond motifs is 2. The number of hydrogen-bond donors (Lipinski definition) is 0. The molecular weight excluding hydrogens is 328 g/mol. The lowest BCUT2D eigenvalue weighted by atomic mass is 9.94. The Balaban J connectivity index is 1.51. The van der Waals surface area contributed by atoms with Gasteiger partial charge in [-0.1, -0.05) is 36.4 Å². The first-order valence-corrected chi connectivity index (χ1v) is 8.71. The van der Waals surface area contributed by atoms with E-state index >= 15 is 0 Å². The SMILES string of the molecule is Cc1nnc([C@H]2Cc3ccccc3CN2Cc2nc3ccccc3o2)o1. The topological polar surface area (TPSA) is 68.2 Å². The Morgan fingerprint density at radius 3 is 2.62 bits per heavy atom. The summed E-state index contributed by atoms with van der Waals surface area (Å²) in [6, 6.07) is 16.3. The van der Waals surface area contributed by atoms with Crippen LogP contribution in [0.4, 0.5) is 0 Å². The van der Waals surface area contributed by atoms with Crippen LogP contribution in [-0.2, 0) is 19.5 Å². The summed E-state index contributed by atoms with van der Waals surface area (Å²) in [5.74, 6) is 1.93. The highest BCUT2D eigenvalue weighted by Gasteiger charge is 2.32. The van der Waals surface area contributed by atoms with Gasteiger partial charge in [0.25, 0.3) is 0 Å². The van der Waals surface area contributed by atoms with Crippen LogP contribution in [-0.4, -0.2) is 20.1 Å². The summed E-state index contributed by atoms with van der Waals surface area (Å²) in [6.07, 6.45) is 0.831. The van der Waals surface area contributed by atoms with Crippen molar-refractivity contribution in [3.8, 4) is 0 Å². The van der Waals surface area contributed by atoms with E-state index in [2.05, 4.69) is 44.3 Å². The molecule has 26 heavy (non-hydrogen) atoms. The van der Waals surface area contributed by atoms with E-state index in [9.17, 15) is 0 Å². The predicted molar refractivity (Wildman–Crippen MR) is 95.2 cm³/mol. The standard InChI is InChI=1S/C20H18N4O2/c1-13-22-23-20(25-13)17-10-14-6-2-3-7-15(14)11-24(17)12-19-21-16-8-4-5-9-18(16)26-19/h2-9,17H,10-12H2,1H3/t17-/m1/s1. The van der Waals surface area contributed by atoms with E-state index in [0.29, 0.717) is 24.2 Å². The molecule has 5 rings (SSSR count). The highest BCUT2D eigenvalue weighted by molar-refractivity contribution is 5.72. The van der Waals surface area contributed by atoms with Gasteiger partial charge in [0, 0.05) is 13.5 Å². The fraction of sp³-hybridized carbons (Fsp3) is 0.250. The van der Waals surface area contributed by atoms with Gasteiger partial charge in [0.15, 0.2) is 5.58 Å². The summed E-state index contributed by atoms with van der Waals surface area (Å²) in [5, 5.41) is 8.28. The molecule has 0 bridgehead atoms. The van der Waals surface area contributed by atoms with Crippen LogP contribution in [0.2, 0.25) is 0 Å². The van der Waals surface area contributed by atoms with Crippen molar-refractivity contribution < 1.29 is 8.83 Å². The Labute approximate surface area is 150 Å². The largest absolute Gasteiger partial charge is 0.439 e. The second-order valence-electron chi connectivity index (χ2n) is 6.63. The van der Waals surface area contributed by atoms with Gasteiger partial charge in [0.2, 0.25) is 17.7 Å². The van der Waals surface area contributed by atoms with E-state index in [-0.39, 0.29) is 6.04 Å². The third-order valence-corrected chi connectivity index (χ3v) is 4.85. The van der Waals surface area contributed by atoms with E-state index < -0.39 is 0 Å². The number of hydrogen-bond acceptors (Lipinski definition) is 6. The molecule has 4 aromatic rings. The molecule has 1 atom stereocenters. The van der Waals surface area contributed by atoms with Crippen molar-refractivity contribution in [3.63, 3.8) is 0 Å². The molecule has 2 aromatic carbocycles. The Morgan fingerprint density at radius 2 is 1.81 bits per heavy atom. The molecule has 0 aliphatic carbocycles. The van der Waals surface area contributed by atoms with Gasteiger partial charge < -0.3 is 8.83 Å². The van der Waals surface area contributed by atoms with Crippen LogP contribution in [0.15, 0.2) is 57.4 Å². The summed E-state index contributed by atoms with van der Waals surface area (Å²) in [7, 11) is 0. The van der Waals surface area contributed by atoms with Crippen LogP contribution < -0.4 is 0 Å². The molecule has 130 valence electrons. The lowest BCUT2D eigenvalue weighted by molar-refractivity contribution is 0.126. The summed E-state index contributed by atoms with van der Waals surface area (Å²) < 4.78 is 11.7. The van der Waals surface area contributed by atoms with Crippen molar-refractivity contribution in [2.24, 2.45) is 0 Å². The quantitative estimate of drug-likeness (QED) is 0.562. The van der Waals surface area contributed by atoms with Crippen molar-refractivity contribution in [2.45, 2.75) is 32.5 Å². The fourth-order valence-corrected chi connectivity index (χ4v) is 3.59. The van der Waals surface area contributed by atoms with Crippen molar-refractivity contribution in [1.29, 1.82) is 0 Å². The zero-order valence-electron chi connectivity index (χ0n) is 14.4. The molecule has 0 radical (unpaired) electrons. The number of aryl methyl sites for hydroxylation is 1. The fourth-order valence-electron chi connectivity index (χ4n) is 3.59. The predicted octanol–water partition coefficient (Wildman–Crippen LogP) is 3.82. The monoisotopic (exact) mass is 346 g/mol. The highest BCUT2D eigenvalue weighted by atomic mass is 16.4. The van der Waals surface area contributed by atoms with Crippen molar-refractivity contribution >= 4 is 11.1 Å². The first kappa shape index (κ1) is 15.3. The van der Waals surface area contributed by atoms with Gasteiger partial charge in [-0.05, 0) is 29.7 Å². The highest BCUT2D eigenvalue weighted by Crippen LogP contribution is 2.34. The molecule has 3 heterocycles. The molecule has 0 amide bonds. The molecule has 6 nitrogen and oxygen atoms in total. The molecule has 0 fully saturated rings. The number of rotatable bonds is 3. The van der Waals surface area contributed by atoms with Gasteiger partial charge in [-0.2, -0.15) is 0 Å². The van der Waals surface area contributed by atoms with Crippen LogP contribution in [0.25, 0.3) is 11.1 Å². The lowest BCUT2D eigenvalue weighted by Gasteiger charge is -2.33. The molecule has 1 aliphatic rings.